The van der Waals surface area contributed by atoms with Gasteiger partial charge < -0.3 is 9.72 Å². The molecule has 1 aliphatic carbocycles. The van der Waals surface area contributed by atoms with Crippen molar-refractivity contribution in [3.8, 4) is 0 Å². The summed E-state index contributed by atoms with van der Waals surface area (Å²) in [5, 5.41) is 0.715. The molecule has 122 valence electrons. The highest BCUT2D eigenvalue weighted by Crippen LogP contribution is 2.35. The van der Waals surface area contributed by atoms with Gasteiger partial charge in [0.05, 0.1) is 5.39 Å². The average molecular weight is 332 g/mol. The molecule has 0 unspecified atom stereocenters. The number of rotatable bonds is 3. The van der Waals surface area contributed by atoms with Crippen LogP contribution < -0.4 is 5.56 Å². The average Bonchev–Trinajstić information content (AvgIpc) is 2.84. The molecule has 0 saturated heterocycles. The van der Waals surface area contributed by atoms with E-state index >= 15 is 0 Å². The molecule has 0 amide bonds. The Morgan fingerprint density at radius 3 is 3.04 bits per heavy atom. The lowest BCUT2D eigenvalue weighted by Gasteiger charge is -2.17. The third-order valence-electron chi connectivity index (χ3n) is 4.16. The molecule has 1 aliphatic rings. The minimum Gasteiger partial charge on any atom is -0.451 e. The van der Waals surface area contributed by atoms with Gasteiger partial charge in [-0.3, -0.25) is 4.79 Å². The van der Waals surface area contributed by atoms with E-state index in [-0.39, 0.29) is 5.56 Å². The van der Waals surface area contributed by atoms with E-state index in [2.05, 4.69) is 16.9 Å². The van der Waals surface area contributed by atoms with Crippen LogP contribution in [0.3, 0.4) is 0 Å². The van der Waals surface area contributed by atoms with Crippen LogP contribution in [-0.4, -0.2) is 15.9 Å². The molecule has 0 fully saturated rings. The molecule has 6 heteroatoms. The fourth-order valence-electron chi connectivity index (χ4n) is 2.96. The zero-order valence-corrected chi connectivity index (χ0v) is 14.3. The number of carbonyl (C=O) groups is 1. The number of ether oxygens (including phenoxy) is 1. The van der Waals surface area contributed by atoms with Gasteiger partial charge in [0, 0.05) is 11.0 Å². The topological polar surface area (TPSA) is 72.0 Å². The number of esters is 1. The molecule has 0 saturated carbocycles. The normalized spacial score (nSPS) is 19.0. The van der Waals surface area contributed by atoms with E-state index in [0.29, 0.717) is 17.1 Å². The van der Waals surface area contributed by atoms with Crippen LogP contribution in [0, 0.1) is 5.92 Å². The lowest BCUT2D eigenvalue weighted by atomic mass is 9.89. The number of aryl methyl sites for hydroxylation is 1. The van der Waals surface area contributed by atoms with E-state index in [1.165, 1.54) is 11.0 Å². The number of hydrogen-bond donors (Lipinski definition) is 1. The molecule has 2 heterocycles. The second kappa shape index (κ2) is 6.28. The van der Waals surface area contributed by atoms with Crippen molar-refractivity contribution in [3.63, 3.8) is 0 Å². The van der Waals surface area contributed by atoms with Crippen molar-refractivity contribution >= 4 is 27.5 Å². The van der Waals surface area contributed by atoms with Gasteiger partial charge in [-0.2, -0.15) is 0 Å². The molecule has 0 spiro atoms. The number of H-pyrrole nitrogens is 1. The van der Waals surface area contributed by atoms with Crippen molar-refractivity contribution in [2.24, 2.45) is 5.92 Å². The standard InChI is InChI=1S/C17H20N2O3S/c1-4-5-13(20)22-10(3)15-18-16(21)14-11-7-6-9(2)8-12(11)23-17(14)19-15/h4-5,9-10H,6-8H2,1-3H3,(H,18,19,21)/b5-4+/t9-,10+/m1/s1. The van der Waals surface area contributed by atoms with Crippen LogP contribution in [0.4, 0.5) is 0 Å². The SMILES string of the molecule is C/C=C/C(=O)O[C@@H](C)c1nc2sc3c(c2c(=O)[nH]1)CC[C@@H](C)C3. The van der Waals surface area contributed by atoms with E-state index in [9.17, 15) is 9.59 Å². The van der Waals surface area contributed by atoms with E-state index < -0.39 is 12.1 Å². The van der Waals surface area contributed by atoms with Gasteiger partial charge in [-0.15, -0.1) is 11.3 Å². The van der Waals surface area contributed by atoms with Crippen LogP contribution in [0.25, 0.3) is 10.2 Å². The molecular formula is C17H20N2O3S. The first-order valence-electron chi connectivity index (χ1n) is 7.87. The molecule has 23 heavy (non-hydrogen) atoms. The van der Waals surface area contributed by atoms with Crippen LogP contribution in [0.2, 0.25) is 0 Å². The first kappa shape index (κ1) is 15.9. The molecule has 0 aromatic carbocycles. The molecule has 0 radical (unpaired) electrons. The first-order chi connectivity index (χ1) is 11.0. The lowest BCUT2D eigenvalue weighted by Crippen LogP contribution is -2.17. The second-order valence-corrected chi connectivity index (χ2v) is 7.15. The number of aromatic amines is 1. The zero-order chi connectivity index (χ0) is 16.6. The van der Waals surface area contributed by atoms with Gasteiger partial charge in [0.15, 0.2) is 11.9 Å². The minimum absolute atomic E-state index is 0.133. The van der Waals surface area contributed by atoms with Gasteiger partial charge in [0.1, 0.15) is 4.83 Å². The smallest absolute Gasteiger partial charge is 0.331 e. The van der Waals surface area contributed by atoms with E-state index in [1.54, 1.807) is 31.3 Å². The Hall–Kier alpha value is -1.95. The number of fused-ring (bicyclic) bond motifs is 3. The third-order valence-corrected chi connectivity index (χ3v) is 5.31. The summed E-state index contributed by atoms with van der Waals surface area (Å²) < 4.78 is 5.25. The van der Waals surface area contributed by atoms with Crippen molar-refractivity contribution in [1.29, 1.82) is 0 Å². The maximum atomic E-state index is 12.5. The number of thiophene rings is 1. The van der Waals surface area contributed by atoms with Crippen molar-refractivity contribution in [3.05, 3.63) is 38.8 Å². The summed E-state index contributed by atoms with van der Waals surface area (Å²) in [5.41, 5.74) is 1.02. The summed E-state index contributed by atoms with van der Waals surface area (Å²) in [7, 11) is 0. The highest BCUT2D eigenvalue weighted by atomic mass is 32.1. The molecule has 0 aliphatic heterocycles. The number of hydrogen-bond acceptors (Lipinski definition) is 5. The van der Waals surface area contributed by atoms with Crippen LogP contribution in [0.1, 0.15) is 49.6 Å². The number of carbonyl (C=O) groups excluding carboxylic acids is 1. The molecule has 0 bridgehead atoms. The van der Waals surface area contributed by atoms with E-state index in [1.807, 2.05) is 0 Å². The third kappa shape index (κ3) is 3.08. The van der Waals surface area contributed by atoms with Crippen molar-refractivity contribution in [1.82, 2.24) is 9.97 Å². The Morgan fingerprint density at radius 1 is 1.52 bits per heavy atom. The van der Waals surface area contributed by atoms with Gasteiger partial charge in [0.2, 0.25) is 0 Å². The molecule has 5 nitrogen and oxygen atoms in total. The van der Waals surface area contributed by atoms with Crippen LogP contribution in [0.5, 0.6) is 0 Å². The number of aromatic nitrogens is 2. The molecule has 3 rings (SSSR count). The van der Waals surface area contributed by atoms with Crippen LogP contribution >= 0.6 is 11.3 Å². The predicted molar refractivity (Wildman–Crippen MR) is 90.8 cm³/mol. The minimum atomic E-state index is -0.589. The summed E-state index contributed by atoms with van der Waals surface area (Å²) in [6.07, 6.45) is 5.43. The van der Waals surface area contributed by atoms with Gasteiger partial charge in [-0.1, -0.05) is 13.0 Å². The number of nitrogens with zero attached hydrogens (tertiary/aromatic N) is 1. The number of allylic oxidation sites excluding steroid dienone is 1. The molecule has 2 aromatic rings. The maximum absolute atomic E-state index is 12.5. The highest BCUT2D eigenvalue weighted by molar-refractivity contribution is 7.18. The summed E-state index contributed by atoms with van der Waals surface area (Å²) in [6.45, 7) is 5.69. The maximum Gasteiger partial charge on any atom is 0.331 e. The summed E-state index contributed by atoms with van der Waals surface area (Å²) in [6, 6.07) is 0. The Kier molecular flexibility index (Phi) is 4.35. The van der Waals surface area contributed by atoms with Gasteiger partial charge in [0.25, 0.3) is 5.56 Å². The first-order valence-corrected chi connectivity index (χ1v) is 8.69. The Labute approximate surface area is 138 Å². The summed E-state index contributed by atoms with van der Waals surface area (Å²) in [5.74, 6) is 0.601. The number of nitrogens with one attached hydrogen (secondary N) is 1. The van der Waals surface area contributed by atoms with Crippen molar-refractivity contribution < 1.29 is 9.53 Å². The van der Waals surface area contributed by atoms with Crippen molar-refractivity contribution in [2.75, 3.05) is 0 Å². The predicted octanol–water partition coefficient (Wildman–Crippen LogP) is 3.29. The fourth-order valence-corrected chi connectivity index (χ4v) is 4.35. The lowest BCUT2D eigenvalue weighted by molar-refractivity contribution is -0.142. The summed E-state index contributed by atoms with van der Waals surface area (Å²) in [4.78, 5) is 33.4. The van der Waals surface area contributed by atoms with Crippen molar-refractivity contribution in [2.45, 2.75) is 46.1 Å². The van der Waals surface area contributed by atoms with E-state index in [4.69, 9.17) is 4.74 Å². The summed E-state index contributed by atoms with van der Waals surface area (Å²) >= 11 is 1.59. The van der Waals surface area contributed by atoms with Gasteiger partial charge in [-0.25, -0.2) is 9.78 Å². The quantitative estimate of drug-likeness (QED) is 0.691. The molecular weight excluding hydrogens is 312 g/mol. The van der Waals surface area contributed by atoms with Gasteiger partial charge >= 0.3 is 5.97 Å². The molecule has 2 aromatic heterocycles. The molecule has 2 atom stereocenters. The highest BCUT2D eigenvalue weighted by Gasteiger charge is 2.24. The monoisotopic (exact) mass is 332 g/mol. The fraction of sp³-hybridized carbons (Fsp3) is 0.471. The van der Waals surface area contributed by atoms with Gasteiger partial charge in [-0.05, 0) is 44.6 Å². The largest absolute Gasteiger partial charge is 0.451 e. The Bertz CT molecular complexity index is 834. The zero-order valence-electron chi connectivity index (χ0n) is 13.5. The Morgan fingerprint density at radius 2 is 2.30 bits per heavy atom. The Balaban J connectivity index is 1.98. The molecule has 1 N–H and O–H groups in total. The van der Waals surface area contributed by atoms with E-state index in [0.717, 1.165) is 29.7 Å². The second-order valence-electron chi connectivity index (χ2n) is 6.06. The van der Waals surface area contributed by atoms with Crippen LogP contribution in [-0.2, 0) is 22.4 Å². The van der Waals surface area contributed by atoms with Crippen LogP contribution in [0.15, 0.2) is 16.9 Å².